The van der Waals surface area contributed by atoms with E-state index in [0.717, 1.165) is 0 Å². The van der Waals surface area contributed by atoms with Crippen LogP contribution >= 0.6 is 0 Å². The van der Waals surface area contributed by atoms with Gasteiger partial charge in [0.2, 0.25) is 5.79 Å². The van der Waals surface area contributed by atoms with Gasteiger partial charge in [-0.15, -0.1) is 0 Å². The van der Waals surface area contributed by atoms with Crippen LogP contribution in [0.4, 0.5) is 0 Å². The summed E-state index contributed by atoms with van der Waals surface area (Å²) in [4.78, 5) is 52.7. The quantitative estimate of drug-likeness (QED) is 0.137. The monoisotopic (exact) mass is 692 g/mol. The molecule has 2 unspecified atom stereocenters. The molecule has 8 fully saturated rings. The molecule has 3 saturated heterocycles. The number of esters is 4. The third kappa shape index (κ3) is 3.59. The van der Waals surface area contributed by atoms with Crippen molar-refractivity contribution in [1.29, 1.82) is 0 Å². The Hall–Kier alpha value is -2.36. The number of hydrogen-bond acceptors (Lipinski definition) is 14. The van der Waals surface area contributed by atoms with Crippen LogP contribution < -0.4 is 0 Å². The van der Waals surface area contributed by atoms with Gasteiger partial charge < -0.3 is 48.8 Å². The molecule has 20 atom stereocenters. The molecule has 5 saturated carbocycles. The molecule has 0 amide bonds. The van der Waals surface area contributed by atoms with E-state index in [1.54, 1.807) is 13.8 Å². The van der Waals surface area contributed by atoms with Crippen molar-refractivity contribution in [2.24, 2.45) is 63.6 Å². The van der Waals surface area contributed by atoms with Crippen molar-refractivity contribution in [2.75, 3.05) is 0 Å². The Bertz CT molecular complexity index is 1540. The molecule has 0 aromatic carbocycles. The second-order valence-electron chi connectivity index (χ2n) is 17.3. The molecule has 0 radical (unpaired) electrons. The Morgan fingerprint density at radius 2 is 1.37 bits per heavy atom. The summed E-state index contributed by atoms with van der Waals surface area (Å²) < 4.78 is 36.6. The van der Waals surface area contributed by atoms with Gasteiger partial charge in [-0.2, -0.15) is 0 Å². The van der Waals surface area contributed by atoms with E-state index < -0.39 is 141 Å². The number of ether oxygens (including phenoxy) is 6. The van der Waals surface area contributed by atoms with Gasteiger partial charge in [-0.25, -0.2) is 4.79 Å². The molecule has 5 aliphatic carbocycles. The van der Waals surface area contributed by atoms with Crippen molar-refractivity contribution in [2.45, 2.75) is 129 Å². The molecule has 8 rings (SSSR count). The summed E-state index contributed by atoms with van der Waals surface area (Å²) in [6, 6.07) is 0. The fourth-order valence-corrected chi connectivity index (χ4v) is 13.5. The van der Waals surface area contributed by atoms with Crippen LogP contribution in [-0.2, 0) is 47.6 Å². The number of epoxide rings is 2. The molecule has 14 nitrogen and oxygen atoms in total. The van der Waals surface area contributed by atoms with E-state index in [9.17, 15) is 39.6 Å². The van der Waals surface area contributed by atoms with E-state index in [4.69, 9.17) is 28.4 Å². The number of hydrogen-bond donors (Lipinski definition) is 4. The largest absolute Gasteiger partial charge is 0.462 e. The molecule has 49 heavy (non-hydrogen) atoms. The fourth-order valence-electron chi connectivity index (χ4n) is 13.5. The second-order valence-corrected chi connectivity index (χ2v) is 17.3. The van der Waals surface area contributed by atoms with Gasteiger partial charge in [0, 0.05) is 61.2 Å². The molecule has 272 valence electrons. The number of carbonyl (C=O) groups excluding carboxylic acids is 4. The third-order valence-electron chi connectivity index (χ3n) is 15.5. The van der Waals surface area contributed by atoms with Crippen molar-refractivity contribution >= 4 is 23.9 Å². The Kier molecular flexibility index (Phi) is 6.57. The van der Waals surface area contributed by atoms with Crippen molar-refractivity contribution < 1.29 is 68.0 Å². The highest BCUT2D eigenvalue weighted by atomic mass is 16.8. The summed E-state index contributed by atoms with van der Waals surface area (Å²) in [5.74, 6) is -13.8. The first-order valence-corrected chi connectivity index (χ1v) is 17.5. The summed E-state index contributed by atoms with van der Waals surface area (Å²) in [6.07, 6.45) is -5.94. The topological polar surface area (TPSA) is 211 Å². The van der Waals surface area contributed by atoms with Crippen LogP contribution in [-0.4, -0.2) is 104 Å². The maximum atomic E-state index is 13.4. The normalized spacial score (nSPS) is 59.7. The van der Waals surface area contributed by atoms with Crippen LogP contribution in [0.3, 0.4) is 0 Å². The molecule has 0 aromatic heterocycles. The molecule has 4 N–H and O–H groups in total. The lowest BCUT2D eigenvalue weighted by Gasteiger charge is -2.68. The lowest BCUT2D eigenvalue weighted by molar-refractivity contribution is -0.368. The van der Waals surface area contributed by atoms with E-state index in [0.29, 0.717) is 6.42 Å². The Labute approximate surface area is 284 Å². The van der Waals surface area contributed by atoms with Gasteiger partial charge in [-0.3, -0.25) is 14.4 Å². The van der Waals surface area contributed by atoms with Gasteiger partial charge >= 0.3 is 23.9 Å². The molecular weight excluding hydrogens is 644 g/mol. The van der Waals surface area contributed by atoms with Crippen LogP contribution in [0.5, 0.6) is 0 Å². The van der Waals surface area contributed by atoms with Crippen LogP contribution in [0.2, 0.25) is 0 Å². The molecule has 3 heterocycles. The van der Waals surface area contributed by atoms with Crippen LogP contribution in [0, 0.1) is 63.6 Å². The van der Waals surface area contributed by atoms with Crippen molar-refractivity contribution in [3.8, 4) is 0 Å². The Morgan fingerprint density at radius 1 is 0.796 bits per heavy atom. The number of aliphatic hydroxyl groups is 4. The minimum absolute atomic E-state index is 0.276. The standard InChI is InChI=1S/C35H48O14/c1-11-18-22(32(8)33(9,41)29(40)49-35(32)27(11)48-35)24(44-13(3)36)20-19-21(25(45-14(4)37)28(31(18,20)7)46-15(5)38)30(6)16(12(2)34(19,42)43)10-17-23(47-17)26(30)39/h11-12,16-28,39,41-43H,10H2,1-9H3/t11-,12-,16+,17-,18-,19?,20+,21?,22-,23-,24+,25-,26-,27+,28-,30-,31+,32-,33+,35-/m0/s1. The molecular formula is C35H48O14. The van der Waals surface area contributed by atoms with Gasteiger partial charge in [0.25, 0.3) is 0 Å². The number of carbonyl (C=O) groups is 4. The van der Waals surface area contributed by atoms with Crippen molar-refractivity contribution in [3.63, 3.8) is 0 Å². The van der Waals surface area contributed by atoms with Gasteiger partial charge in [-0.05, 0) is 38.0 Å². The summed E-state index contributed by atoms with van der Waals surface area (Å²) in [6.45, 7) is 13.9. The minimum Gasteiger partial charge on any atom is -0.462 e. The van der Waals surface area contributed by atoms with Gasteiger partial charge in [0.15, 0.2) is 11.4 Å². The number of rotatable bonds is 3. The smallest absolute Gasteiger partial charge is 0.341 e. The summed E-state index contributed by atoms with van der Waals surface area (Å²) in [7, 11) is 0. The average Bonchev–Trinajstić information content (AvgIpc) is 3.89. The van der Waals surface area contributed by atoms with Crippen molar-refractivity contribution in [3.05, 3.63) is 0 Å². The molecule has 0 bridgehead atoms. The fraction of sp³-hybridized carbons (Fsp3) is 0.886. The zero-order chi connectivity index (χ0) is 35.9. The van der Waals surface area contributed by atoms with Crippen LogP contribution in [0.15, 0.2) is 0 Å². The summed E-state index contributed by atoms with van der Waals surface area (Å²) in [5.41, 5.74) is -6.18. The van der Waals surface area contributed by atoms with Crippen LogP contribution in [0.1, 0.15) is 68.7 Å². The van der Waals surface area contributed by atoms with E-state index in [1.165, 1.54) is 27.7 Å². The first-order valence-electron chi connectivity index (χ1n) is 17.5. The zero-order valence-electron chi connectivity index (χ0n) is 29.2. The maximum absolute atomic E-state index is 13.4. The lowest BCUT2D eigenvalue weighted by atomic mass is 9.39. The summed E-state index contributed by atoms with van der Waals surface area (Å²) >= 11 is 0. The average molecular weight is 693 g/mol. The highest BCUT2D eigenvalue weighted by Crippen LogP contribution is 2.81. The van der Waals surface area contributed by atoms with E-state index in [1.807, 2.05) is 20.8 Å². The van der Waals surface area contributed by atoms with Gasteiger partial charge in [0.1, 0.15) is 30.5 Å². The number of aliphatic hydroxyl groups excluding tert-OH is 1. The molecule has 0 aromatic rings. The highest BCUT2D eigenvalue weighted by molar-refractivity contribution is 5.84. The first-order chi connectivity index (χ1) is 22.6. The van der Waals surface area contributed by atoms with E-state index in [2.05, 4.69) is 0 Å². The van der Waals surface area contributed by atoms with Crippen molar-refractivity contribution in [1.82, 2.24) is 0 Å². The van der Waals surface area contributed by atoms with Gasteiger partial charge in [0.05, 0.1) is 17.6 Å². The molecule has 1 spiro atoms. The SMILES string of the molecule is CC(=O)O[C@H]1[C@@H]2[C@H]([C@H](C)[C@H]3O[C@]34OC(=O)[C@@](C)(O)[C@]24C)[C@]2(C)[C@@H]1C1C([C@H](OC(C)=O)[C@@H]2OC(C)=O)[C@]2(C)[C@H](C[C@@H]3O[C@@H]3[C@@H]2O)[C@H](C)C1(O)O. The number of fused-ring (bicyclic) bond motifs is 9. The van der Waals surface area contributed by atoms with Crippen LogP contribution in [0.25, 0.3) is 0 Å². The molecule has 3 aliphatic heterocycles. The third-order valence-corrected chi connectivity index (χ3v) is 15.5. The van der Waals surface area contributed by atoms with E-state index >= 15 is 0 Å². The Balaban J connectivity index is 1.43. The molecule has 14 heteroatoms. The molecule has 8 aliphatic rings. The lowest BCUT2D eigenvalue weighted by Crippen LogP contribution is -2.77. The summed E-state index contributed by atoms with van der Waals surface area (Å²) in [5, 5.41) is 49.2. The predicted molar refractivity (Wildman–Crippen MR) is 161 cm³/mol. The highest BCUT2D eigenvalue weighted by Gasteiger charge is 2.94. The van der Waals surface area contributed by atoms with E-state index in [-0.39, 0.29) is 6.10 Å². The van der Waals surface area contributed by atoms with Gasteiger partial charge in [-0.1, -0.05) is 27.7 Å². The predicted octanol–water partition coefficient (Wildman–Crippen LogP) is 0.440. The maximum Gasteiger partial charge on any atom is 0.341 e. The first kappa shape index (κ1) is 33.8. The second kappa shape index (κ2) is 9.54. The minimum atomic E-state index is -2.49. The zero-order valence-corrected chi connectivity index (χ0v) is 29.2. The Morgan fingerprint density at radius 3 is 1.96 bits per heavy atom.